The van der Waals surface area contributed by atoms with Gasteiger partial charge < -0.3 is 15.1 Å². The average Bonchev–Trinajstić information content (AvgIpc) is 2.99. The number of benzene rings is 2. The van der Waals surface area contributed by atoms with E-state index in [1.807, 2.05) is 81.4 Å². The van der Waals surface area contributed by atoms with E-state index < -0.39 is 0 Å². The first-order valence-corrected chi connectivity index (χ1v) is 15.6. The number of unbranched alkanes of at least 4 members (excludes halogenated alkanes) is 1. The Bertz CT molecular complexity index is 1320. The Kier molecular flexibility index (Phi) is 15.8. The Balaban J connectivity index is 0.000000249. The van der Waals surface area contributed by atoms with Gasteiger partial charge in [-0.1, -0.05) is 86.6 Å². The number of para-hydroxylation sites is 1. The molecule has 0 saturated heterocycles. The van der Waals surface area contributed by atoms with E-state index >= 15 is 0 Å². The van der Waals surface area contributed by atoms with Crippen LogP contribution >= 0.6 is 11.6 Å². The van der Waals surface area contributed by atoms with Crippen molar-refractivity contribution in [2.75, 3.05) is 32.6 Å². The zero-order chi connectivity index (χ0) is 31.8. The molecule has 1 aliphatic carbocycles. The molecular formula is C35H50ClN5O2. The number of oxime groups is 1. The molecule has 234 valence electrons. The van der Waals surface area contributed by atoms with Crippen LogP contribution in [0.5, 0.6) is 0 Å². The lowest BCUT2D eigenvalue weighted by Crippen LogP contribution is -2.33. The number of anilines is 1. The summed E-state index contributed by atoms with van der Waals surface area (Å²) in [5.41, 5.74) is 3.12. The SMILES string of the molecule is C=C(C(=O)NCC1CCC(CCCC)CC1)/C(C)=N\OC.Cc1cccc(Cl)c1.Cc1nc(N(C)C)c2ccccc2n1. The van der Waals surface area contributed by atoms with E-state index in [4.69, 9.17) is 11.6 Å². The van der Waals surface area contributed by atoms with Crippen LogP contribution in [0.2, 0.25) is 5.02 Å². The van der Waals surface area contributed by atoms with Crippen LogP contribution in [0, 0.1) is 25.7 Å². The second kappa shape index (κ2) is 19.0. The minimum atomic E-state index is -0.138. The fourth-order valence-electron chi connectivity index (χ4n) is 5.04. The van der Waals surface area contributed by atoms with Gasteiger partial charge in [0.25, 0.3) is 5.91 Å². The van der Waals surface area contributed by atoms with Crippen molar-refractivity contribution in [3.05, 3.63) is 77.1 Å². The third kappa shape index (κ3) is 12.8. The lowest BCUT2D eigenvalue weighted by atomic mass is 9.80. The number of carbonyl (C=O) groups excluding carboxylic acids is 1. The van der Waals surface area contributed by atoms with Gasteiger partial charge in [-0.3, -0.25) is 4.79 Å². The van der Waals surface area contributed by atoms with E-state index in [-0.39, 0.29) is 5.91 Å². The van der Waals surface area contributed by atoms with Gasteiger partial charge in [-0.05, 0) is 75.3 Å². The van der Waals surface area contributed by atoms with E-state index in [0.29, 0.717) is 17.2 Å². The topological polar surface area (TPSA) is 79.7 Å². The van der Waals surface area contributed by atoms with Crippen LogP contribution in [-0.4, -0.2) is 49.3 Å². The Morgan fingerprint density at radius 2 is 1.74 bits per heavy atom. The second-order valence-electron chi connectivity index (χ2n) is 11.4. The third-order valence-electron chi connectivity index (χ3n) is 7.52. The van der Waals surface area contributed by atoms with Gasteiger partial charge in [0.15, 0.2) is 0 Å². The monoisotopic (exact) mass is 607 g/mol. The van der Waals surface area contributed by atoms with Gasteiger partial charge in [-0.15, -0.1) is 0 Å². The van der Waals surface area contributed by atoms with Gasteiger partial charge in [0.1, 0.15) is 18.8 Å². The molecule has 0 unspecified atom stereocenters. The molecule has 0 radical (unpaired) electrons. The smallest absolute Gasteiger partial charge is 0.252 e. The van der Waals surface area contributed by atoms with Crippen molar-refractivity contribution >= 4 is 39.9 Å². The molecule has 2 aromatic carbocycles. The predicted molar refractivity (Wildman–Crippen MR) is 182 cm³/mol. The van der Waals surface area contributed by atoms with E-state index in [1.165, 1.54) is 57.6 Å². The first-order chi connectivity index (χ1) is 20.5. The number of aromatic nitrogens is 2. The highest BCUT2D eigenvalue weighted by atomic mass is 35.5. The molecule has 43 heavy (non-hydrogen) atoms. The van der Waals surface area contributed by atoms with E-state index in [1.54, 1.807) is 6.92 Å². The normalized spacial score (nSPS) is 16.2. The van der Waals surface area contributed by atoms with E-state index in [2.05, 4.69) is 38.8 Å². The maximum Gasteiger partial charge on any atom is 0.252 e. The molecule has 1 heterocycles. The first kappa shape index (κ1) is 35.7. The lowest BCUT2D eigenvalue weighted by Gasteiger charge is -2.28. The lowest BCUT2D eigenvalue weighted by molar-refractivity contribution is -0.117. The van der Waals surface area contributed by atoms with Gasteiger partial charge in [0, 0.05) is 31.0 Å². The van der Waals surface area contributed by atoms with Crippen LogP contribution in [0.25, 0.3) is 10.9 Å². The first-order valence-electron chi connectivity index (χ1n) is 15.2. The van der Waals surface area contributed by atoms with Crippen LogP contribution in [0.3, 0.4) is 0 Å². The second-order valence-corrected chi connectivity index (χ2v) is 11.8. The molecule has 1 amide bonds. The highest BCUT2D eigenvalue weighted by molar-refractivity contribution is 6.30. The molecule has 3 aromatic rings. The van der Waals surface area contributed by atoms with Crippen molar-refractivity contribution in [1.29, 1.82) is 0 Å². The molecule has 7 nitrogen and oxygen atoms in total. The molecule has 0 spiro atoms. The number of nitrogens with one attached hydrogen (secondary N) is 1. The number of nitrogens with zero attached hydrogens (tertiary/aromatic N) is 4. The highest BCUT2D eigenvalue weighted by Gasteiger charge is 2.21. The summed E-state index contributed by atoms with van der Waals surface area (Å²) in [4.78, 5) is 27.4. The highest BCUT2D eigenvalue weighted by Crippen LogP contribution is 2.31. The Hall–Kier alpha value is -3.45. The van der Waals surface area contributed by atoms with Crippen LogP contribution in [-0.2, 0) is 9.63 Å². The van der Waals surface area contributed by atoms with Crippen molar-refractivity contribution in [2.24, 2.45) is 17.0 Å². The van der Waals surface area contributed by atoms with Crippen molar-refractivity contribution in [3.63, 3.8) is 0 Å². The van der Waals surface area contributed by atoms with Gasteiger partial charge in [0.2, 0.25) is 0 Å². The summed E-state index contributed by atoms with van der Waals surface area (Å²) in [7, 11) is 5.45. The Labute approximate surface area is 263 Å². The van der Waals surface area contributed by atoms with Crippen LogP contribution in [0.4, 0.5) is 5.82 Å². The summed E-state index contributed by atoms with van der Waals surface area (Å²) >= 11 is 5.64. The largest absolute Gasteiger partial charge is 0.399 e. The molecule has 4 rings (SSSR count). The summed E-state index contributed by atoms with van der Waals surface area (Å²) in [6, 6.07) is 15.8. The van der Waals surface area contributed by atoms with Gasteiger partial charge in [-0.25, -0.2) is 9.97 Å². The fourth-order valence-corrected chi connectivity index (χ4v) is 5.28. The van der Waals surface area contributed by atoms with Crippen molar-refractivity contribution in [2.45, 2.75) is 72.6 Å². The van der Waals surface area contributed by atoms with Crippen molar-refractivity contribution in [1.82, 2.24) is 15.3 Å². The molecule has 1 fully saturated rings. The number of fused-ring (bicyclic) bond motifs is 1. The number of aryl methyl sites for hydroxylation is 2. The molecular weight excluding hydrogens is 558 g/mol. The van der Waals surface area contributed by atoms with E-state index in [0.717, 1.165) is 40.0 Å². The molecule has 1 N–H and O–H groups in total. The summed E-state index contributed by atoms with van der Waals surface area (Å²) in [6.07, 6.45) is 9.10. The van der Waals surface area contributed by atoms with Crippen LogP contribution in [0.15, 0.2) is 65.8 Å². The molecule has 0 atom stereocenters. The van der Waals surface area contributed by atoms with Crippen LogP contribution < -0.4 is 10.2 Å². The molecule has 0 bridgehead atoms. The Morgan fingerprint density at radius 3 is 2.33 bits per heavy atom. The number of carbonyl (C=O) groups is 1. The van der Waals surface area contributed by atoms with Crippen molar-refractivity contribution in [3.8, 4) is 0 Å². The predicted octanol–water partition coefficient (Wildman–Crippen LogP) is 8.33. The molecule has 1 aromatic heterocycles. The van der Waals surface area contributed by atoms with Gasteiger partial charge in [0.05, 0.1) is 16.8 Å². The summed E-state index contributed by atoms with van der Waals surface area (Å²) in [5, 5.41) is 8.62. The maximum atomic E-state index is 12.0. The summed E-state index contributed by atoms with van der Waals surface area (Å²) < 4.78 is 0. The molecule has 1 saturated carbocycles. The Morgan fingerprint density at radius 1 is 1.07 bits per heavy atom. The van der Waals surface area contributed by atoms with Crippen LogP contribution in [0.1, 0.15) is 70.2 Å². The van der Waals surface area contributed by atoms with Gasteiger partial charge in [-0.2, -0.15) is 0 Å². The average molecular weight is 608 g/mol. The minimum Gasteiger partial charge on any atom is -0.399 e. The third-order valence-corrected chi connectivity index (χ3v) is 7.76. The zero-order valence-electron chi connectivity index (χ0n) is 27.1. The number of hydrogen-bond acceptors (Lipinski definition) is 6. The summed E-state index contributed by atoms with van der Waals surface area (Å²) in [6.45, 7) is 12.4. The van der Waals surface area contributed by atoms with Gasteiger partial charge >= 0.3 is 0 Å². The standard InChI is InChI=1S/C17H30N2O2.C11H13N3.C7H7Cl/c1-5-6-7-15-8-10-16(11-9-15)12-18-17(20)13(2)14(3)19-21-4;1-8-12-10-7-5-4-6-9(10)11(13-8)14(2)3;1-6-3-2-4-7(8)5-6/h15-16H,2,5-12H2,1,3-4H3,(H,18,20);4-7H,1-3H3;2-5H,1H3/b19-14-;;. The molecule has 0 aliphatic heterocycles. The van der Waals surface area contributed by atoms with Crippen molar-refractivity contribution < 1.29 is 9.63 Å². The minimum absolute atomic E-state index is 0.138. The number of hydrogen-bond donors (Lipinski definition) is 1. The molecule has 1 aliphatic rings. The summed E-state index contributed by atoms with van der Waals surface area (Å²) in [5.74, 6) is 3.17. The number of halogens is 1. The van der Waals surface area contributed by atoms with E-state index in [9.17, 15) is 4.79 Å². The zero-order valence-corrected chi connectivity index (χ0v) is 27.9. The fraction of sp³-hybridized carbons (Fsp3) is 0.486. The number of amides is 1. The molecule has 8 heteroatoms. The maximum absolute atomic E-state index is 12.0. The number of rotatable bonds is 9. The quantitative estimate of drug-likeness (QED) is 0.150.